The average molecular weight is 183 g/mol. The number of nitrogens with zero attached hydrogens (tertiary/aromatic N) is 1. The van der Waals surface area contributed by atoms with Gasteiger partial charge in [0.25, 0.3) is 0 Å². The minimum atomic E-state index is -0.509. The van der Waals surface area contributed by atoms with Crippen molar-refractivity contribution in [3.05, 3.63) is 12.2 Å². The van der Waals surface area contributed by atoms with E-state index in [1.165, 1.54) is 0 Å². The first-order valence-electron chi connectivity index (χ1n) is 4.72. The zero-order valence-electron chi connectivity index (χ0n) is 8.70. The molecule has 0 amide bonds. The highest BCUT2D eigenvalue weighted by Crippen LogP contribution is 2.54. The summed E-state index contributed by atoms with van der Waals surface area (Å²) in [5.74, 6) is -0.509. The molecule has 3 unspecified atom stereocenters. The molecule has 1 saturated heterocycles. The van der Waals surface area contributed by atoms with Crippen molar-refractivity contribution in [3.63, 3.8) is 0 Å². The monoisotopic (exact) mass is 183 g/mol. The average Bonchev–Trinajstić information content (AvgIpc) is 2.64. The molecule has 0 bridgehead atoms. The number of ether oxygens (including phenoxy) is 2. The van der Waals surface area contributed by atoms with Crippen LogP contribution in [0.4, 0.5) is 0 Å². The first kappa shape index (κ1) is 9.19. The summed E-state index contributed by atoms with van der Waals surface area (Å²) < 4.78 is 10.9. The van der Waals surface area contributed by atoms with Gasteiger partial charge in [0, 0.05) is 14.2 Å². The van der Waals surface area contributed by atoms with Crippen LogP contribution in [0.2, 0.25) is 0 Å². The fraction of sp³-hybridized carbons (Fsp3) is 0.800. The quantitative estimate of drug-likeness (QED) is 0.370. The number of hydrogen-bond acceptors (Lipinski definition) is 3. The number of likely N-dealkylation sites (N-methyl/N-ethyl adjacent to an activating group) is 1. The Morgan fingerprint density at radius 3 is 2.31 bits per heavy atom. The zero-order valence-corrected chi connectivity index (χ0v) is 8.70. The van der Waals surface area contributed by atoms with Gasteiger partial charge in [-0.15, -0.1) is 0 Å². The standard InChI is InChI=1S/C10H17NO2/c1-5-11-8-9(11,2)6-7-10(8,12-3)13-4/h6-8H,5H2,1-4H3. The van der Waals surface area contributed by atoms with Crippen molar-refractivity contribution in [3.8, 4) is 0 Å². The largest absolute Gasteiger partial charge is 0.348 e. The molecule has 0 saturated carbocycles. The van der Waals surface area contributed by atoms with Crippen LogP contribution in [0.5, 0.6) is 0 Å². The molecule has 13 heavy (non-hydrogen) atoms. The molecule has 0 N–H and O–H groups in total. The Morgan fingerprint density at radius 2 is 1.92 bits per heavy atom. The van der Waals surface area contributed by atoms with Crippen LogP contribution in [0.25, 0.3) is 0 Å². The van der Waals surface area contributed by atoms with E-state index in [-0.39, 0.29) is 5.54 Å². The van der Waals surface area contributed by atoms with Gasteiger partial charge < -0.3 is 9.47 Å². The smallest absolute Gasteiger partial charge is 0.205 e. The van der Waals surface area contributed by atoms with Crippen molar-refractivity contribution in [1.29, 1.82) is 0 Å². The maximum absolute atomic E-state index is 5.45. The molecule has 2 rings (SSSR count). The Hall–Kier alpha value is -0.380. The molecule has 1 heterocycles. The normalized spacial score (nSPS) is 44.9. The van der Waals surface area contributed by atoms with Crippen molar-refractivity contribution >= 4 is 0 Å². The summed E-state index contributed by atoms with van der Waals surface area (Å²) in [6.07, 6.45) is 4.22. The van der Waals surface area contributed by atoms with Gasteiger partial charge >= 0.3 is 0 Å². The van der Waals surface area contributed by atoms with E-state index in [0.717, 1.165) is 6.54 Å². The first-order valence-corrected chi connectivity index (χ1v) is 4.72. The van der Waals surface area contributed by atoms with E-state index in [4.69, 9.17) is 9.47 Å². The summed E-state index contributed by atoms with van der Waals surface area (Å²) in [7, 11) is 3.40. The van der Waals surface area contributed by atoms with Gasteiger partial charge in [0.05, 0.1) is 11.6 Å². The summed E-state index contributed by atoms with van der Waals surface area (Å²) in [5, 5.41) is 0. The Kier molecular flexibility index (Phi) is 1.81. The van der Waals surface area contributed by atoms with Gasteiger partial charge in [-0.05, 0) is 19.5 Å². The second-order valence-corrected chi connectivity index (χ2v) is 3.88. The van der Waals surface area contributed by atoms with Crippen molar-refractivity contribution in [2.75, 3.05) is 20.8 Å². The molecular formula is C10H17NO2. The van der Waals surface area contributed by atoms with E-state index in [1.54, 1.807) is 14.2 Å². The third-order valence-corrected chi connectivity index (χ3v) is 3.43. The highest BCUT2D eigenvalue weighted by molar-refractivity contribution is 5.38. The van der Waals surface area contributed by atoms with Gasteiger partial charge in [0.2, 0.25) is 5.79 Å². The maximum atomic E-state index is 5.45. The van der Waals surface area contributed by atoms with Gasteiger partial charge in [-0.2, -0.15) is 0 Å². The Balaban J connectivity index is 2.25. The van der Waals surface area contributed by atoms with Crippen LogP contribution in [0.3, 0.4) is 0 Å². The Labute approximate surface area is 79.3 Å². The topological polar surface area (TPSA) is 21.5 Å². The lowest BCUT2D eigenvalue weighted by atomic mass is 10.1. The maximum Gasteiger partial charge on any atom is 0.205 e. The second-order valence-electron chi connectivity index (χ2n) is 3.88. The Bertz CT molecular complexity index is 247. The van der Waals surface area contributed by atoms with Crippen molar-refractivity contribution in [1.82, 2.24) is 4.90 Å². The lowest BCUT2D eigenvalue weighted by Gasteiger charge is -2.26. The third-order valence-electron chi connectivity index (χ3n) is 3.43. The fourth-order valence-corrected chi connectivity index (χ4v) is 2.62. The highest BCUT2D eigenvalue weighted by atomic mass is 16.7. The molecule has 1 aliphatic heterocycles. The molecule has 3 nitrogen and oxygen atoms in total. The van der Waals surface area contributed by atoms with Gasteiger partial charge in [-0.1, -0.05) is 13.0 Å². The van der Waals surface area contributed by atoms with Crippen LogP contribution in [-0.2, 0) is 9.47 Å². The van der Waals surface area contributed by atoms with Gasteiger partial charge in [-0.25, -0.2) is 0 Å². The molecule has 74 valence electrons. The lowest BCUT2D eigenvalue weighted by Crippen LogP contribution is -2.38. The fourth-order valence-electron chi connectivity index (χ4n) is 2.62. The molecule has 0 aromatic carbocycles. The molecule has 1 aliphatic carbocycles. The molecule has 2 aliphatic rings. The van der Waals surface area contributed by atoms with Gasteiger partial charge in [0.15, 0.2) is 0 Å². The highest BCUT2D eigenvalue weighted by Gasteiger charge is 2.70. The van der Waals surface area contributed by atoms with Gasteiger partial charge in [0.1, 0.15) is 0 Å². The van der Waals surface area contributed by atoms with E-state index >= 15 is 0 Å². The first-order chi connectivity index (χ1) is 6.14. The molecule has 0 spiro atoms. The van der Waals surface area contributed by atoms with E-state index in [1.807, 2.05) is 6.08 Å². The van der Waals surface area contributed by atoms with Crippen LogP contribution >= 0.6 is 0 Å². The van der Waals surface area contributed by atoms with E-state index < -0.39 is 5.79 Å². The number of rotatable bonds is 3. The predicted molar refractivity (Wildman–Crippen MR) is 50.5 cm³/mol. The van der Waals surface area contributed by atoms with Crippen LogP contribution in [0, 0.1) is 0 Å². The minimum absolute atomic E-state index is 0.167. The summed E-state index contributed by atoms with van der Waals surface area (Å²) in [5.41, 5.74) is 0.167. The third kappa shape index (κ3) is 0.897. The molecule has 1 fully saturated rings. The van der Waals surface area contributed by atoms with E-state index in [2.05, 4.69) is 24.8 Å². The summed E-state index contributed by atoms with van der Waals surface area (Å²) >= 11 is 0. The van der Waals surface area contributed by atoms with Gasteiger partial charge in [-0.3, -0.25) is 4.90 Å². The number of hydrogen-bond donors (Lipinski definition) is 0. The van der Waals surface area contributed by atoms with Crippen LogP contribution in [0.1, 0.15) is 13.8 Å². The van der Waals surface area contributed by atoms with Crippen LogP contribution < -0.4 is 0 Å². The second kappa shape index (κ2) is 2.56. The molecule has 3 heteroatoms. The van der Waals surface area contributed by atoms with E-state index in [9.17, 15) is 0 Å². The van der Waals surface area contributed by atoms with Crippen molar-refractivity contribution in [2.45, 2.75) is 31.2 Å². The van der Waals surface area contributed by atoms with Crippen molar-refractivity contribution < 1.29 is 9.47 Å². The number of methoxy groups -OCH3 is 2. The molecule has 0 aromatic rings. The molecular weight excluding hydrogens is 166 g/mol. The summed E-state index contributed by atoms with van der Waals surface area (Å²) in [6, 6.07) is 0.361. The summed E-state index contributed by atoms with van der Waals surface area (Å²) in [6.45, 7) is 5.42. The summed E-state index contributed by atoms with van der Waals surface area (Å²) in [4.78, 5) is 2.38. The predicted octanol–water partition coefficient (Wildman–Crippen LogP) is 1.01. The lowest BCUT2D eigenvalue weighted by molar-refractivity contribution is -0.173. The number of fused-ring (bicyclic) bond motifs is 1. The van der Waals surface area contributed by atoms with Crippen molar-refractivity contribution in [2.24, 2.45) is 0 Å². The Morgan fingerprint density at radius 1 is 1.31 bits per heavy atom. The minimum Gasteiger partial charge on any atom is -0.348 e. The zero-order chi connectivity index (χ0) is 9.69. The molecule has 0 radical (unpaired) electrons. The molecule has 3 atom stereocenters. The van der Waals surface area contributed by atoms with Crippen LogP contribution in [0.15, 0.2) is 12.2 Å². The van der Waals surface area contributed by atoms with E-state index in [0.29, 0.717) is 6.04 Å². The molecule has 0 aromatic heterocycles. The SMILES string of the molecule is CCN1C2C(OC)(OC)C=CC21C. The van der Waals surface area contributed by atoms with Crippen LogP contribution in [-0.4, -0.2) is 43.0 Å².